The summed E-state index contributed by atoms with van der Waals surface area (Å²) in [7, 11) is 1.78. The van der Waals surface area contributed by atoms with Gasteiger partial charge in [-0.3, -0.25) is 0 Å². The van der Waals surface area contributed by atoms with Crippen LogP contribution in [0.1, 0.15) is 19.3 Å². The number of hydrogen-bond acceptors (Lipinski definition) is 1. The largest absolute Gasteiger partial charge is 0.384 e. The number of hydrogen-bond donors (Lipinski definition) is 0. The first-order valence-electron chi connectivity index (χ1n) is 3.57. The third-order valence-electron chi connectivity index (χ3n) is 1.78. The lowest BCUT2D eigenvalue weighted by atomic mass is 9.95. The van der Waals surface area contributed by atoms with E-state index >= 15 is 0 Å². The van der Waals surface area contributed by atoms with Gasteiger partial charge in [0.2, 0.25) is 0 Å². The summed E-state index contributed by atoms with van der Waals surface area (Å²) in [5, 5.41) is 0. The second-order valence-corrected chi connectivity index (χ2v) is 2.61. The van der Waals surface area contributed by atoms with Crippen molar-refractivity contribution in [2.24, 2.45) is 5.92 Å². The van der Waals surface area contributed by atoms with E-state index in [1.54, 1.807) is 7.11 Å². The van der Waals surface area contributed by atoms with Crippen LogP contribution in [-0.2, 0) is 4.74 Å². The molecule has 0 spiro atoms. The molecule has 1 rings (SSSR count). The first-order valence-corrected chi connectivity index (χ1v) is 3.57. The van der Waals surface area contributed by atoms with Crippen LogP contribution in [0.15, 0.2) is 12.2 Å². The van der Waals surface area contributed by atoms with Crippen molar-refractivity contribution in [1.82, 2.24) is 0 Å². The molecule has 0 bridgehead atoms. The monoisotopic (exact) mass is 126 g/mol. The lowest BCUT2D eigenvalue weighted by Crippen LogP contribution is -2.08. The quantitative estimate of drug-likeness (QED) is 0.514. The Morgan fingerprint density at radius 1 is 1.56 bits per heavy atom. The van der Waals surface area contributed by atoms with Gasteiger partial charge in [0.25, 0.3) is 0 Å². The number of methoxy groups -OCH3 is 1. The molecule has 0 fully saturated rings. The van der Waals surface area contributed by atoms with E-state index in [-0.39, 0.29) is 0 Å². The Kier molecular flexibility index (Phi) is 2.78. The smallest absolute Gasteiger partial charge is 0.0493 e. The van der Waals surface area contributed by atoms with Gasteiger partial charge in [-0.2, -0.15) is 0 Å². The molecule has 0 saturated carbocycles. The van der Waals surface area contributed by atoms with Crippen LogP contribution in [0.25, 0.3) is 0 Å². The third-order valence-corrected chi connectivity index (χ3v) is 1.78. The van der Waals surface area contributed by atoms with Gasteiger partial charge in [-0.25, -0.2) is 0 Å². The summed E-state index contributed by atoms with van der Waals surface area (Å²) in [6, 6.07) is 0. The van der Waals surface area contributed by atoms with Crippen LogP contribution in [0.2, 0.25) is 0 Å². The molecule has 1 heteroatoms. The predicted octanol–water partition coefficient (Wildman–Crippen LogP) is 1.99. The summed E-state index contributed by atoms with van der Waals surface area (Å²) in [6.45, 7) is 0.935. The molecule has 0 aromatic heterocycles. The van der Waals surface area contributed by atoms with Crippen molar-refractivity contribution in [2.45, 2.75) is 19.3 Å². The normalized spacial score (nSPS) is 26.6. The Morgan fingerprint density at radius 2 is 2.44 bits per heavy atom. The Balaban J connectivity index is 2.18. The molecular formula is C8H14O. The zero-order valence-electron chi connectivity index (χ0n) is 5.97. The molecule has 0 heterocycles. The lowest BCUT2D eigenvalue weighted by Gasteiger charge is -2.15. The second-order valence-electron chi connectivity index (χ2n) is 2.61. The molecule has 9 heavy (non-hydrogen) atoms. The Morgan fingerprint density at radius 3 is 3.00 bits per heavy atom. The molecular weight excluding hydrogens is 112 g/mol. The summed E-state index contributed by atoms with van der Waals surface area (Å²) < 4.78 is 5.05. The molecule has 0 radical (unpaired) electrons. The fourth-order valence-corrected chi connectivity index (χ4v) is 1.24. The highest BCUT2D eigenvalue weighted by atomic mass is 16.5. The van der Waals surface area contributed by atoms with Crippen LogP contribution in [0.3, 0.4) is 0 Å². The van der Waals surface area contributed by atoms with Gasteiger partial charge >= 0.3 is 0 Å². The van der Waals surface area contributed by atoms with Crippen molar-refractivity contribution in [1.29, 1.82) is 0 Å². The fourth-order valence-electron chi connectivity index (χ4n) is 1.24. The molecule has 0 aromatic carbocycles. The molecule has 0 N–H and O–H groups in total. The molecule has 0 amide bonds. The zero-order valence-corrected chi connectivity index (χ0v) is 5.97. The van der Waals surface area contributed by atoms with E-state index in [0.29, 0.717) is 0 Å². The number of ether oxygens (including phenoxy) is 1. The van der Waals surface area contributed by atoms with Crippen molar-refractivity contribution in [2.75, 3.05) is 13.7 Å². The Bertz CT molecular complexity index is 96.7. The van der Waals surface area contributed by atoms with E-state index in [2.05, 4.69) is 12.2 Å². The lowest BCUT2D eigenvalue weighted by molar-refractivity contribution is 0.147. The Hall–Kier alpha value is -0.300. The van der Waals surface area contributed by atoms with Crippen LogP contribution in [0.5, 0.6) is 0 Å². The van der Waals surface area contributed by atoms with Crippen molar-refractivity contribution >= 4 is 0 Å². The predicted molar refractivity (Wildman–Crippen MR) is 38.4 cm³/mol. The summed E-state index contributed by atoms with van der Waals surface area (Å²) in [5.41, 5.74) is 0. The maximum atomic E-state index is 5.05. The van der Waals surface area contributed by atoms with Gasteiger partial charge < -0.3 is 4.74 Å². The van der Waals surface area contributed by atoms with Crippen LogP contribution < -0.4 is 0 Å². The van der Waals surface area contributed by atoms with Gasteiger partial charge in [0, 0.05) is 13.7 Å². The molecule has 1 aliphatic rings. The topological polar surface area (TPSA) is 9.23 Å². The van der Waals surface area contributed by atoms with Crippen LogP contribution in [0, 0.1) is 5.92 Å². The van der Waals surface area contributed by atoms with Crippen molar-refractivity contribution in [3.05, 3.63) is 12.2 Å². The van der Waals surface area contributed by atoms with Gasteiger partial charge in [-0.1, -0.05) is 12.2 Å². The summed E-state index contributed by atoms with van der Waals surface area (Å²) in [5.74, 6) is 0.792. The Labute approximate surface area is 56.7 Å². The first kappa shape index (κ1) is 6.81. The minimum absolute atomic E-state index is 0.792. The maximum Gasteiger partial charge on any atom is 0.0493 e. The fraction of sp³-hybridized carbons (Fsp3) is 0.750. The van der Waals surface area contributed by atoms with Gasteiger partial charge in [-0.05, 0) is 25.2 Å². The van der Waals surface area contributed by atoms with E-state index in [1.807, 2.05) is 0 Å². The van der Waals surface area contributed by atoms with Crippen LogP contribution >= 0.6 is 0 Å². The van der Waals surface area contributed by atoms with Gasteiger partial charge in [0.15, 0.2) is 0 Å². The van der Waals surface area contributed by atoms with E-state index < -0.39 is 0 Å². The number of rotatable bonds is 2. The average molecular weight is 126 g/mol. The molecule has 1 aliphatic carbocycles. The zero-order chi connectivity index (χ0) is 6.53. The summed E-state index contributed by atoms with van der Waals surface area (Å²) >= 11 is 0. The highest BCUT2D eigenvalue weighted by Gasteiger charge is 2.07. The van der Waals surface area contributed by atoms with E-state index in [4.69, 9.17) is 4.74 Å². The third kappa shape index (κ3) is 2.19. The van der Waals surface area contributed by atoms with Gasteiger partial charge in [0.05, 0.1) is 0 Å². The van der Waals surface area contributed by atoms with E-state index in [1.165, 1.54) is 19.3 Å². The molecule has 0 aromatic rings. The van der Waals surface area contributed by atoms with E-state index in [9.17, 15) is 0 Å². The molecule has 52 valence electrons. The molecule has 0 saturated heterocycles. The molecule has 0 aliphatic heterocycles. The minimum Gasteiger partial charge on any atom is -0.384 e. The maximum absolute atomic E-state index is 5.05. The number of allylic oxidation sites excluding steroid dienone is 2. The highest BCUT2D eigenvalue weighted by molar-refractivity contribution is 4.89. The van der Waals surface area contributed by atoms with Crippen LogP contribution in [-0.4, -0.2) is 13.7 Å². The van der Waals surface area contributed by atoms with Crippen molar-refractivity contribution in [3.63, 3.8) is 0 Å². The summed E-state index contributed by atoms with van der Waals surface area (Å²) in [6.07, 6.45) is 8.28. The summed E-state index contributed by atoms with van der Waals surface area (Å²) in [4.78, 5) is 0. The van der Waals surface area contributed by atoms with Crippen LogP contribution in [0.4, 0.5) is 0 Å². The second kappa shape index (κ2) is 3.67. The van der Waals surface area contributed by atoms with Crippen molar-refractivity contribution in [3.8, 4) is 0 Å². The minimum atomic E-state index is 0.792. The molecule has 1 atom stereocenters. The van der Waals surface area contributed by atoms with Gasteiger partial charge in [0.1, 0.15) is 0 Å². The van der Waals surface area contributed by atoms with Crippen molar-refractivity contribution < 1.29 is 4.74 Å². The molecule has 1 nitrogen and oxygen atoms in total. The standard InChI is InChI=1S/C8H14O/c1-9-7-8-5-3-2-4-6-8/h2-3,8H,4-7H2,1H3. The SMILES string of the molecule is COCC1CC=CCC1. The van der Waals surface area contributed by atoms with E-state index in [0.717, 1.165) is 12.5 Å². The first-order chi connectivity index (χ1) is 4.43. The average Bonchev–Trinajstić information content (AvgIpc) is 1.91. The highest BCUT2D eigenvalue weighted by Crippen LogP contribution is 2.17. The molecule has 1 unspecified atom stereocenters. The van der Waals surface area contributed by atoms with Gasteiger partial charge in [-0.15, -0.1) is 0 Å².